The van der Waals surface area contributed by atoms with E-state index < -0.39 is 0 Å². The first-order valence-corrected chi connectivity index (χ1v) is 6.93. The van der Waals surface area contributed by atoms with Gasteiger partial charge in [0.1, 0.15) is 0 Å². The summed E-state index contributed by atoms with van der Waals surface area (Å²) in [6.07, 6.45) is 2.33. The van der Waals surface area contributed by atoms with Crippen molar-refractivity contribution in [3.63, 3.8) is 0 Å². The van der Waals surface area contributed by atoms with Crippen molar-refractivity contribution in [2.75, 3.05) is 13.1 Å². The second-order valence-electron chi connectivity index (χ2n) is 4.72. The summed E-state index contributed by atoms with van der Waals surface area (Å²) in [5, 5.41) is 3.34. The molecule has 0 aromatic heterocycles. The van der Waals surface area contributed by atoms with Crippen LogP contribution in [0, 0.1) is 0 Å². The summed E-state index contributed by atoms with van der Waals surface area (Å²) in [6, 6.07) is 5.78. The molecule has 0 saturated carbocycles. The van der Waals surface area contributed by atoms with Crippen LogP contribution < -0.4 is 5.32 Å². The predicted octanol–water partition coefficient (Wildman–Crippen LogP) is 1.92. The highest BCUT2D eigenvalue weighted by Crippen LogP contribution is 2.22. The Hall–Kier alpha value is -1.81. The van der Waals surface area contributed by atoms with Gasteiger partial charge in [-0.25, -0.2) is 0 Å². The van der Waals surface area contributed by atoms with Crippen LogP contribution in [0.1, 0.15) is 17.5 Å². The summed E-state index contributed by atoms with van der Waals surface area (Å²) < 4.78 is 0. The zero-order chi connectivity index (χ0) is 14.5. The summed E-state index contributed by atoms with van der Waals surface area (Å²) in [4.78, 5) is 24.9. The summed E-state index contributed by atoms with van der Waals surface area (Å²) in [7, 11) is 0. The number of hydrogen-bond acceptors (Lipinski definition) is 2. The van der Waals surface area contributed by atoms with Crippen molar-refractivity contribution in [2.45, 2.75) is 19.4 Å². The van der Waals surface area contributed by atoms with Crippen LogP contribution in [-0.4, -0.2) is 29.8 Å². The van der Waals surface area contributed by atoms with Gasteiger partial charge in [-0.2, -0.15) is 0 Å². The van der Waals surface area contributed by atoms with E-state index >= 15 is 0 Å². The van der Waals surface area contributed by atoms with Crippen LogP contribution in [-0.2, 0) is 22.6 Å². The van der Waals surface area contributed by atoms with E-state index in [2.05, 4.69) is 11.9 Å². The monoisotopic (exact) mass is 292 g/mol. The Bertz CT molecular complexity index is 543. The molecule has 1 aromatic carbocycles. The van der Waals surface area contributed by atoms with Crippen LogP contribution in [0.25, 0.3) is 0 Å². The molecule has 0 unspecified atom stereocenters. The van der Waals surface area contributed by atoms with Gasteiger partial charge >= 0.3 is 0 Å². The molecule has 0 atom stereocenters. The zero-order valence-corrected chi connectivity index (χ0v) is 11.9. The van der Waals surface area contributed by atoms with E-state index in [1.165, 1.54) is 11.6 Å². The van der Waals surface area contributed by atoms with E-state index in [-0.39, 0.29) is 11.8 Å². The third-order valence-electron chi connectivity index (χ3n) is 3.36. The molecule has 1 aliphatic heterocycles. The highest BCUT2D eigenvalue weighted by molar-refractivity contribution is 6.30. The first-order valence-electron chi connectivity index (χ1n) is 6.55. The molecule has 1 aromatic rings. The first-order chi connectivity index (χ1) is 9.60. The van der Waals surface area contributed by atoms with Crippen LogP contribution in [0.5, 0.6) is 0 Å². The van der Waals surface area contributed by atoms with Crippen LogP contribution in [0.15, 0.2) is 30.9 Å². The molecule has 2 amide bonds. The van der Waals surface area contributed by atoms with Gasteiger partial charge in [-0.1, -0.05) is 24.2 Å². The third-order valence-corrected chi connectivity index (χ3v) is 3.59. The smallest absolute Gasteiger partial charge is 0.243 e. The van der Waals surface area contributed by atoms with E-state index in [9.17, 15) is 9.59 Å². The molecule has 20 heavy (non-hydrogen) atoms. The number of benzene rings is 1. The summed E-state index contributed by atoms with van der Waals surface area (Å²) in [5.74, 6) is -0.202. The van der Waals surface area contributed by atoms with Gasteiger partial charge in [0.05, 0.1) is 0 Å². The van der Waals surface area contributed by atoms with Gasteiger partial charge in [0.15, 0.2) is 0 Å². The Morgan fingerprint density at radius 2 is 2.20 bits per heavy atom. The summed E-state index contributed by atoms with van der Waals surface area (Å²) in [5.41, 5.74) is 2.35. The van der Waals surface area contributed by atoms with E-state index in [1.807, 2.05) is 23.1 Å². The lowest BCUT2D eigenvalue weighted by Gasteiger charge is -2.29. The molecule has 0 bridgehead atoms. The average molecular weight is 293 g/mol. The van der Waals surface area contributed by atoms with Crippen molar-refractivity contribution in [1.82, 2.24) is 10.2 Å². The Kier molecular flexibility index (Phi) is 4.79. The SMILES string of the molecule is C=CC(=O)NCCC(=O)N1CCc2cc(Cl)ccc2C1. The van der Waals surface area contributed by atoms with E-state index in [0.717, 1.165) is 17.0 Å². The molecule has 0 aliphatic carbocycles. The lowest BCUT2D eigenvalue weighted by Crippen LogP contribution is -2.37. The van der Waals surface area contributed by atoms with Gasteiger partial charge in [0.25, 0.3) is 0 Å². The number of carbonyl (C=O) groups is 2. The van der Waals surface area contributed by atoms with Crippen molar-refractivity contribution in [2.24, 2.45) is 0 Å². The van der Waals surface area contributed by atoms with Crippen molar-refractivity contribution in [3.05, 3.63) is 47.0 Å². The molecule has 1 heterocycles. The molecule has 5 heteroatoms. The van der Waals surface area contributed by atoms with E-state index in [0.29, 0.717) is 26.1 Å². The first kappa shape index (κ1) is 14.6. The highest BCUT2D eigenvalue weighted by atomic mass is 35.5. The normalized spacial score (nSPS) is 13.6. The number of nitrogens with zero attached hydrogens (tertiary/aromatic N) is 1. The Balaban J connectivity index is 1.88. The molecular weight excluding hydrogens is 276 g/mol. The zero-order valence-electron chi connectivity index (χ0n) is 11.2. The van der Waals surface area contributed by atoms with E-state index in [4.69, 9.17) is 11.6 Å². The van der Waals surface area contributed by atoms with Crippen LogP contribution in [0.4, 0.5) is 0 Å². The van der Waals surface area contributed by atoms with Crippen molar-refractivity contribution in [3.8, 4) is 0 Å². The topological polar surface area (TPSA) is 49.4 Å². The molecular formula is C15H17ClN2O2. The molecule has 0 saturated heterocycles. The largest absolute Gasteiger partial charge is 0.352 e. The maximum absolute atomic E-state index is 12.1. The standard InChI is InChI=1S/C15H17ClN2O2/c1-2-14(19)17-7-5-15(20)18-8-6-11-9-13(16)4-3-12(11)10-18/h2-4,9H,1,5-8,10H2,(H,17,19). The molecule has 0 radical (unpaired) electrons. The Morgan fingerprint density at radius 3 is 2.95 bits per heavy atom. The van der Waals surface area contributed by atoms with Gasteiger partial charge in [-0.15, -0.1) is 0 Å². The number of carbonyl (C=O) groups excluding carboxylic acids is 2. The van der Waals surface area contributed by atoms with Crippen LogP contribution in [0.3, 0.4) is 0 Å². The number of rotatable bonds is 4. The highest BCUT2D eigenvalue weighted by Gasteiger charge is 2.20. The quantitative estimate of drug-likeness (QED) is 0.862. The molecule has 1 N–H and O–H groups in total. The van der Waals surface area contributed by atoms with Crippen LogP contribution >= 0.6 is 11.6 Å². The molecule has 4 nitrogen and oxygen atoms in total. The number of hydrogen-bond donors (Lipinski definition) is 1. The lowest BCUT2D eigenvalue weighted by molar-refractivity contribution is -0.132. The fraction of sp³-hybridized carbons (Fsp3) is 0.333. The number of fused-ring (bicyclic) bond motifs is 1. The van der Waals surface area contributed by atoms with Crippen molar-refractivity contribution in [1.29, 1.82) is 0 Å². The Labute approximate surface area is 123 Å². The molecule has 106 valence electrons. The third kappa shape index (κ3) is 3.61. The molecule has 0 fully saturated rings. The number of halogens is 1. The number of amides is 2. The molecule has 2 rings (SSSR count). The van der Waals surface area contributed by atoms with Gasteiger partial charge in [-0.3, -0.25) is 9.59 Å². The maximum atomic E-state index is 12.1. The minimum Gasteiger partial charge on any atom is -0.352 e. The fourth-order valence-corrected chi connectivity index (χ4v) is 2.45. The minimum absolute atomic E-state index is 0.0509. The van der Waals surface area contributed by atoms with Crippen LogP contribution in [0.2, 0.25) is 5.02 Å². The summed E-state index contributed by atoms with van der Waals surface area (Å²) in [6.45, 7) is 5.01. The Morgan fingerprint density at radius 1 is 1.40 bits per heavy atom. The van der Waals surface area contributed by atoms with Gasteiger partial charge in [-0.05, 0) is 35.8 Å². The van der Waals surface area contributed by atoms with Gasteiger partial charge in [0, 0.05) is 31.1 Å². The van der Waals surface area contributed by atoms with Crippen molar-refractivity contribution < 1.29 is 9.59 Å². The maximum Gasteiger partial charge on any atom is 0.243 e. The van der Waals surface area contributed by atoms with Gasteiger partial charge < -0.3 is 10.2 Å². The second-order valence-corrected chi connectivity index (χ2v) is 5.16. The van der Waals surface area contributed by atoms with Gasteiger partial charge in [0.2, 0.25) is 11.8 Å². The molecule has 0 spiro atoms. The van der Waals surface area contributed by atoms with E-state index in [1.54, 1.807) is 0 Å². The number of nitrogens with one attached hydrogen (secondary N) is 1. The fourth-order valence-electron chi connectivity index (χ4n) is 2.26. The average Bonchev–Trinajstić information content (AvgIpc) is 2.46. The summed E-state index contributed by atoms with van der Waals surface area (Å²) >= 11 is 5.96. The lowest BCUT2D eigenvalue weighted by atomic mass is 9.99. The van der Waals surface area contributed by atoms with Crippen molar-refractivity contribution >= 4 is 23.4 Å². The predicted molar refractivity (Wildman–Crippen MR) is 78.4 cm³/mol. The minimum atomic E-state index is -0.253. The molecule has 1 aliphatic rings. The second kappa shape index (κ2) is 6.57.